The summed E-state index contributed by atoms with van der Waals surface area (Å²) in [5, 5.41) is 0. The van der Waals surface area contributed by atoms with Gasteiger partial charge in [-0.2, -0.15) is 11.1 Å². The predicted molar refractivity (Wildman–Crippen MR) is 124 cm³/mol. The summed E-state index contributed by atoms with van der Waals surface area (Å²) in [5.41, 5.74) is 13.2. The van der Waals surface area contributed by atoms with Crippen LogP contribution in [-0.2, 0) is 24.2 Å². The zero-order chi connectivity index (χ0) is 18.8. The maximum atomic E-state index is 7.07. The summed E-state index contributed by atoms with van der Waals surface area (Å²) in [6, 6.07) is 17.5. The molecule has 0 aliphatic heterocycles. The molecule has 0 radical (unpaired) electrons. The van der Waals surface area contributed by atoms with E-state index in [1.807, 2.05) is 18.2 Å². The Morgan fingerprint density at radius 2 is 1.48 bits per heavy atom. The van der Waals surface area contributed by atoms with Crippen LogP contribution in [0.25, 0.3) is 5.73 Å². The van der Waals surface area contributed by atoms with Crippen LogP contribution in [0.4, 0.5) is 5.69 Å². The van der Waals surface area contributed by atoms with Gasteiger partial charge >= 0.3 is 63.8 Å². The molecule has 27 heavy (non-hydrogen) atoms. The fourth-order valence-corrected chi connectivity index (χ4v) is 2.90. The Kier molecular flexibility index (Phi) is 16.5. The molecule has 3 rings (SSSR count). The van der Waals surface area contributed by atoms with E-state index in [4.69, 9.17) is 5.73 Å². The van der Waals surface area contributed by atoms with Crippen molar-refractivity contribution < 1.29 is 24.2 Å². The third kappa shape index (κ3) is 11.2. The molecule has 0 saturated carbocycles. The molecule has 1 aliphatic carbocycles. The standard InChI is InChI=1S/C9H13.C7H6.C6H5BrN.2ClH.Zr/c1-6-5-7(2)9(4)8(6)3;1-7-5-3-2-4-6-7;7-5-1-3-6(8)4-2-5;;;/h6H,1-4H3;1-6H;1-4,8H;2*1H;/q-1;;-1;;;+2. The molecular formula is C22H26BrCl2NZr. The van der Waals surface area contributed by atoms with Crippen LogP contribution in [0.3, 0.4) is 0 Å². The summed E-state index contributed by atoms with van der Waals surface area (Å²) < 4.78 is 3.20. The van der Waals surface area contributed by atoms with Gasteiger partial charge in [0, 0.05) is 4.47 Å². The molecule has 1 atom stereocenters. The first-order chi connectivity index (χ1) is 11.8. The second-order valence-electron chi connectivity index (χ2n) is 5.86. The predicted octanol–water partition coefficient (Wildman–Crippen LogP) is 8.08. The van der Waals surface area contributed by atoms with Crippen molar-refractivity contribution in [3.63, 3.8) is 0 Å². The molecule has 0 spiro atoms. The topological polar surface area (TPSA) is 23.8 Å². The van der Waals surface area contributed by atoms with E-state index < -0.39 is 0 Å². The van der Waals surface area contributed by atoms with Crippen molar-refractivity contribution in [1.29, 1.82) is 0 Å². The van der Waals surface area contributed by atoms with E-state index in [2.05, 4.69) is 77.7 Å². The number of halogens is 3. The van der Waals surface area contributed by atoms with Crippen LogP contribution in [0.2, 0.25) is 0 Å². The van der Waals surface area contributed by atoms with E-state index in [-0.39, 0.29) is 24.8 Å². The van der Waals surface area contributed by atoms with E-state index in [0.29, 0.717) is 11.6 Å². The number of hydrogen-bond acceptors (Lipinski definition) is 0. The molecule has 2 aromatic carbocycles. The van der Waals surface area contributed by atoms with E-state index in [0.717, 1.165) is 4.47 Å². The quantitative estimate of drug-likeness (QED) is 0.323. The molecule has 0 fully saturated rings. The molecular weight excluding hydrogens is 520 g/mol. The molecule has 144 valence electrons. The van der Waals surface area contributed by atoms with Crippen molar-refractivity contribution in [2.45, 2.75) is 27.7 Å². The van der Waals surface area contributed by atoms with Gasteiger partial charge in [-0.1, -0.05) is 54.8 Å². The Morgan fingerprint density at radius 3 is 1.74 bits per heavy atom. The molecule has 1 aliphatic rings. The fraction of sp³-hybridized carbons (Fsp3) is 0.227. The van der Waals surface area contributed by atoms with Crippen LogP contribution >= 0.6 is 40.7 Å². The first-order valence-electron chi connectivity index (χ1n) is 8.15. The van der Waals surface area contributed by atoms with Gasteiger partial charge in [0.15, 0.2) is 0 Å². The number of benzene rings is 2. The Labute approximate surface area is 199 Å². The fourth-order valence-electron chi connectivity index (χ4n) is 2.16. The summed E-state index contributed by atoms with van der Waals surface area (Å²) >= 11 is 4.73. The number of nitrogens with one attached hydrogen (secondary N) is 1. The van der Waals surface area contributed by atoms with E-state index >= 15 is 0 Å². The van der Waals surface area contributed by atoms with Crippen LogP contribution in [0, 0.1) is 12.0 Å². The van der Waals surface area contributed by atoms with Crippen molar-refractivity contribution in [2.75, 3.05) is 0 Å². The molecule has 2 aromatic rings. The van der Waals surface area contributed by atoms with Gasteiger partial charge in [-0.05, 0) is 12.1 Å². The van der Waals surface area contributed by atoms with Crippen molar-refractivity contribution in [2.24, 2.45) is 5.92 Å². The van der Waals surface area contributed by atoms with Gasteiger partial charge in [-0.25, -0.2) is 5.57 Å². The molecule has 0 heterocycles. The van der Waals surface area contributed by atoms with Crippen LogP contribution in [0.1, 0.15) is 33.3 Å². The summed E-state index contributed by atoms with van der Waals surface area (Å²) in [6.45, 7) is 8.67. The second kappa shape index (κ2) is 15.5. The van der Waals surface area contributed by atoms with Gasteiger partial charge in [-0.15, -0.1) is 37.4 Å². The second-order valence-corrected chi connectivity index (χ2v) is 7.49. The number of hydrogen-bond donors (Lipinski definition) is 0. The number of allylic oxidation sites excluding steroid dienone is 4. The first kappa shape index (κ1) is 28.7. The minimum absolute atomic E-state index is 0. The SMILES string of the molecule is CC1=[C-]C(C)C(C)=C1C.Cl.Cl.[NH-]c1ccc(Br)cc1.[Zr+2]=[CH]c1ccccc1. The van der Waals surface area contributed by atoms with Crippen molar-refractivity contribution in [1.82, 2.24) is 0 Å². The summed E-state index contributed by atoms with van der Waals surface area (Å²) in [6.07, 6.45) is 3.36. The van der Waals surface area contributed by atoms with Gasteiger partial charge < -0.3 is 5.73 Å². The first-order valence-corrected chi connectivity index (χ1v) is 10.4. The zero-order valence-electron chi connectivity index (χ0n) is 16.0. The molecule has 1 nitrogen and oxygen atoms in total. The summed E-state index contributed by atoms with van der Waals surface area (Å²) in [4.78, 5) is 0. The van der Waals surface area contributed by atoms with Crippen LogP contribution in [-0.4, -0.2) is 3.71 Å². The number of rotatable bonds is 1. The molecule has 1 unspecified atom stereocenters. The molecule has 0 amide bonds. The van der Waals surface area contributed by atoms with Crippen LogP contribution in [0.5, 0.6) is 0 Å². The van der Waals surface area contributed by atoms with Crippen LogP contribution < -0.4 is 0 Å². The van der Waals surface area contributed by atoms with E-state index in [1.54, 1.807) is 12.1 Å². The van der Waals surface area contributed by atoms with Crippen molar-refractivity contribution in [3.05, 3.63) is 93.2 Å². The van der Waals surface area contributed by atoms with Gasteiger partial charge in [0.2, 0.25) is 0 Å². The van der Waals surface area contributed by atoms with Gasteiger partial charge in [-0.3, -0.25) is 6.08 Å². The zero-order valence-corrected chi connectivity index (χ0v) is 21.7. The van der Waals surface area contributed by atoms with Crippen molar-refractivity contribution in [3.8, 4) is 0 Å². The molecule has 0 saturated heterocycles. The average Bonchev–Trinajstić information content (AvgIpc) is 2.85. The van der Waals surface area contributed by atoms with Crippen molar-refractivity contribution >= 4 is 50.1 Å². The average molecular weight is 546 g/mol. The molecule has 0 aromatic heterocycles. The minimum atomic E-state index is 0. The van der Waals surface area contributed by atoms with Crippen LogP contribution in [0.15, 0.2) is 75.8 Å². The van der Waals surface area contributed by atoms with Gasteiger partial charge in [0.05, 0.1) is 0 Å². The Balaban J connectivity index is 0. The summed E-state index contributed by atoms with van der Waals surface area (Å²) in [7, 11) is 0. The van der Waals surface area contributed by atoms with Gasteiger partial charge in [0.25, 0.3) is 0 Å². The third-order valence-electron chi connectivity index (χ3n) is 4.05. The normalized spacial score (nSPS) is 14.3. The Morgan fingerprint density at radius 1 is 0.963 bits per heavy atom. The maximum absolute atomic E-state index is 7.07. The Hall–Kier alpha value is -0.467. The molecule has 5 heteroatoms. The monoisotopic (exact) mass is 543 g/mol. The third-order valence-corrected chi connectivity index (χ3v) is 5.40. The van der Waals surface area contributed by atoms with E-state index in [1.165, 1.54) is 46.5 Å². The molecule has 1 N–H and O–H groups in total. The van der Waals surface area contributed by atoms with E-state index in [9.17, 15) is 0 Å². The summed E-state index contributed by atoms with van der Waals surface area (Å²) in [5.74, 6) is 0.560. The van der Waals surface area contributed by atoms with Gasteiger partial charge in [0.1, 0.15) is 0 Å². The Bertz CT molecular complexity index is 720. The molecule has 0 bridgehead atoms.